The molecule has 2 aliphatic carbocycles. The van der Waals surface area contributed by atoms with Crippen molar-refractivity contribution < 1.29 is 19.0 Å². The molecule has 1 heterocycles. The van der Waals surface area contributed by atoms with Crippen molar-refractivity contribution in [3.8, 4) is 5.69 Å². The fourth-order valence-electron chi connectivity index (χ4n) is 5.48. The van der Waals surface area contributed by atoms with E-state index < -0.39 is 17.1 Å². The van der Waals surface area contributed by atoms with Gasteiger partial charge in [-0.3, -0.25) is 5.32 Å². The topological polar surface area (TPSA) is 76.4 Å². The normalized spacial score (nSPS) is 23.1. The first-order valence-corrected chi connectivity index (χ1v) is 11.5. The highest BCUT2D eigenvalue weighted by Gasteiger charge is 2.54. The Morgan fingerprint density at radius 1 is 1.24 bits per heavy atom. The number of hydrogen-bond donors (Lipinski definition) is 2. The monoisotopic (exact) mass is 461 g/mol. The van der Waals surface area contributed by atoms with E-state index in [-0.39, 0.29) is 5.82 Å². The third-order valence-corrected chi connectivity index (χ3v) is 7.60. The zero-order valence-electron chi connectivity index (χ0n) is 19.3. The Morgan fingerprint density at radius 2 is 2.00 bits per heavy atom. The van der Waals surface area contributed by atoms with Crippen LogP contribution in [0.25, 0.3) is 11.8 Å². The second-order valence-electron chi connectivity index (χ2n) is 9.43. The maximum absolute atomic E-state index is 13.4. The standard InChI is InChI=1S/C27H28FN3O3/c1-26-16-19-17-29-31(22-9-7-21(28)8-10-22)24(19)15-20(26)12-14-27(26,33)13-11-18-5-3-4-6-23(18)30-25(32)34-2/h3-10,15,17,33H,11-14,16H2,1-2H3,(H,30,32)/t26-,27-/m0/s1. The highest BCUT2D eigenvalue weighted by atomic mass is 19.1. The number of anilines is 1. The highest BCUT2D eigenvalue weighted by molar-refractivity contribution is 5.85. The van der Waals surface area contributed by atoms with Crippen LogP contribution in [-0.2, 0) is 17.6 Å². The van der Waals surface area contributed by atoms with Crippen molar-refractivity contribution in [2.24, 2.45) is 5.41 Å². The van der Waals surface area contributed by atoms with Gasteiger partial charge in [0.05, 0.1) is 30.3 Å². The summed E-state index contributed by atoms with van der Waals surface area (Å²) in [5.74, 6) is -0.278. The second-order valence-corrected chi connectivity index (χ2v) is 9.43. The Morgan fingerprint density at radius 3 is 2.76 bits per heavy atom. The van der Waals surface area contributed by atoms with Crippen molar-refractivity contribution in [3.63, 3.8) is 0 Å². The molecule has 0 unspecified atom stereocenters. The number of rotatable bonds is 5. The molecule has 1 aromatic heterocycles. The molecule has 7 heteroatoms. The van der Waals surface area contributed by atoms with Crippen LogP contribution < -0.4 is 5.32 Å². The lowest BCUT2D eigenvalue weighted by atomic mass is 9.65. The van der Waals surface area contributed by atoms with Gasteiger partial charge in [-0.25, -0.2) is 13.9 Å². The molecule has 2 atom stereocenters. The molecule has 1 amide bonds. The van der Waals surface area contributed by atoms with Gasteiger partial charge in [-0.15, -0.1) is 0 Å². The van der Waals surface area contributed by atoms with E-state index in [0.717, 1.165) is 28.9 Å². The van der Waals surface area contributed by atoms with Gasteiger partial charge in [0.2, 0.25) is 0 Å². The Hall–Kier alpha value is -3.45. The molecule has 3 aromatic rings. The molecule has 0 saturated heterocycles. The molecule has 0 bridgehead atoms. The van der Waals surface area contributed by atoms with E-state index in [1.165, 1.54) is 24.8 Å². The third kappa shape index (κ3) is 3.70. The number of aromatic nitrogens is 2. The van der Waals surface area contributed by atoms with E-state index in [2.05, 4.69) is 23.4 Å². The smallest absolute Gasteiger partial charge is 0.411 e. The van der Waals surface area contributed by atoms with E-state index >= 15 is 0 Å². The summed E-state index contributed by atoms with van der Waals surface area (Å²) in [5.41, 5.74) is 4.47. The summed E-state index contributed by atoms with van der Waals surface area (Å²) in [6, 6.07) is 13.9. The fourth-order valence-corrected chi connectivity index (χ4v) is 5.48. The SMILES string of the molecule is COC(=O)Nc1ccccc1CC[C@]1(O)CCC2=Cc3c(cnn3-c3ccc(F)cc3)C[C@@]21C. The summed E-state index contributed by atoms with van der Waals surface area (Å²) in [6.07, 6.45) is 6.87. The summed E-state index contributed by atoms with van der Waals surface area (Å²) in [4.78, 5) is 11.7. The summed E-state index contributed by atoms with van der Waals surface area (Å²) < 4.78 is 20.0. The van der Waals surface area contributed by atoms with Gasteiger partial charge in [-0.05, 0) is 79.6 Å². The molecule has 176 valence electrons. The van der Waals surface area contributed by atoms with E-state index in [1.807, 2.05) is 35.1 Å². The average Bonchev–Trinajstić information content (AvgIpc) is 3.35. The fraction of sp³-hybridized carbons (Fsp3) is 0.333. The lowest BCUT2D eigenvalue weighted by Crippen LogP contribution is -2.45. The molecule has 2 N–H and O–H groups in total. The number of para-hydroxylation sites is 1. The number of aryl methyl sites for hydroxylation is 1. The Labute approximate surface area is 198 Å². The van der Waals surface area contributed by atoms with E-state index in [9.17, 15) is 14.3 Å². The molecule has 2 aliphatic rings. The number of benzene rings is 2. The number of carbonyl (C=O) groups is 1. The van der Waals surface area contributed by atoms with E-state index in [0.29, 0.717) is 31.4 Å². The van der Waals surface area contributed by atoms with Gasteiger partial charge < -0.3 is 9.84 Å². The molecule has 6 nitrogen and oxygen atoms in total. The summed E-state index contributed by atoms with van der Waals surface area (Å²) >= 11 is 0. The highest BCUT2D eigenvalue weighted by Crippen LogP contribution is 2.56. The first-order valence-electron chi connectivity index (χ1n) is 11.5. The van der Waals surface area contributed by atoms with Gasteiger partial charge in [-0.1, -0.05) is 30.7 Å². The van der Waals surface area contributed by atoms with Crippen molar-refractivity contribution >= 4 is 17.9 Å². The van der Waals surface area contributed by atoms with Crippen LogP contribution >= 0.6 is 0 Å². The average molecular weight is 462 g/mol. The summed E-state index contributed by atoms with van der Waals surface area (Å²) in [5, 5.41) is 19.2. The van der Waals surface area contributed by atoms with E-state index in [4.69, 9.17) is 4.74 Å². The molecule has 1 saturated carbocycles. The lowest BCUT2D eigenvalue weighted by Gasteiger charge is -2.42. The predicted octanol–water partition coefficient (Wildman–Crippen LogP) is 5.29. The van der Waals surface area contributed by atoms with Crippen LogP contribution in [0.5, 0.6) is 0 Å². The van der Waals surface area contributed by atoms with Gasteiger partial charge in [0.15, 0.2) is 0 Å². The van der Waals surface area contributed by atoms with Crippen molar-refractivity contribution in [1.29, 1.82) is 0 Å². The molecule has 34 heavy (non-hydrogen) atoms. The quantitative estimate of drug-likeness (QED) is 0.541. The van der Waals surface area contributed by atoms with Gasteiger partial charge in [0.25, 0.3) is 0 Å². The van der Waals surface area contributed by atoms with Crippen LogP contribution in [0.3, 0.4) is 0 Å². The first kappa shape index (κ1) is 22.3. The predicted molar refractivity (Wildman–Crippen MR) is 128 cm³/mol. The first-order chi connectivity index (χ1) is 16.3. The number of nitrogens with one attached hydrogen (secondary N) is 1. The minimum absolute atomic E-state index is 0.278. The third-order valence-electron chi connectivity index (χ3n) is 7.60. The van der Waals surface area contributed by atoms with Crippen LogP contribution in [0.4, 0.5) is 14.9 Å². The van der Waals surface area contributed by atoms with Crippen LogP contribution in [0.2, 0.25) is 0 Å². The number of ether oxygens (including phenoxy) is 1. The second kappa shape index (κ2) is 8.40. The molecular weight excluding hydrogens is 433 g/mol. The molecule has 2 aromatic carbocycles. The van der Waals surface area contributed by atoms with Crippen molar-refractivity contribution in [2.45, 2.75) is 44.6 Å². The van der Waals surface area contributed by atoms with Crippen molar-refractivity contribution in [1.82, 2.24) is 9.78 Å². The Kier molecular flexibility index (Phi) is 5.52. The Bertz CT molecular complexity index is 1270. The van der Waals surface area contributed by atoms with Gasteiger partial charge >= 0.3 is 6.09 Å². The number of nitrogens with zero attached hydrogens (tertiary/aromatic N) is 2. The number of amides is 1. The van der Waals surface area contributed by atoms with E-state index in [1.54, 1.807) is 12.1 Å². The zero-order chi connectivity index (χ0) is 23.9. The zero-order valence-corrected chi connectivity index (χ0v) is 19.3. The number of halogens is 1. The maximum Gasteiger partial charge on any atom is 0.411 e. The summed E-state index contributed by atoms with van der Waals surface area (Å²) in [6.45, 7) is 2.14. The van der Waals surface area contributed by atoms with Crippen LogP contribution in [0.1, 0.15) is 43.0 Å². The molecule has 5 rings (SSSR count). The summed E-state index contributed by atoms with van der Waals surface area (Å²) in [7, 11) is 1.34. The van der Waals surface area contributed by atoms with Crippen LogP contribution in [-0.4, -0.2) is 33.7 Å². The van der Waals surface area contributed by atoms with Gasteiger partial charge in [0.1, 0.15) is 5.82 Å². The van der Waals surface area contributed by atoms with Crippen molar-refractivity contribution in [2.75, 3.05) is 12.4 Å². The number of fused-ring (bicyclic) bond motifs is 2. The lowest BCUT2D eigenvalue weighted by molar-refractivity contribution is -0.0461. The number of hydrogen-bond acceptors (Lipinski definition) is 4. The Balaban J connectivity index is 1.39. The molecule has 1 fully saturated rings. The van der Waals surface area contributed by atoms with Crippen LogP contribution in [0, 0.1) is 11.2 Å². The maximum atomic E-state index is 13.4. The van der Waals surface area contributed by atoms with Crippen LogP contribution in [0.15, 0.2) is 60.3 Å². The van der Waals surface area contributed by atoms with Crippen molar-refractivity contribution in [3.05, 3.63) is 82.9 Å². The molecule has 0 aliphatic heterocycles. The van der Waals surface area contributed by atoms with Gasteiger partial charge in [0, 0.05) is 11.1 Å². The largest absolute Gasteiger partial charge is 0.453 e. The molecule has 0 radical (unpaired) electrons. The minimum atomic E-state index is -0.882. The number of methoxy groups -OCH3 is 1. The molecular formula is C27H28FN3O3. The number of aliphatic hydroxyl groups is 1. The minimum Gasteiger partial charge on any atom is -0.453 e. The number of carbonyl (C=O) groups excluding carboxylic acids is 1. The molecule has 0 spiro atoms. The van der Waals surface area contributed by atoms with Gasteiger partial charge in [-0.2, -0.15) is 5.10 Å².